The van der Waals surface area contributed by atoms with E-state index in [4.69, 9.17) is 0 Å². The van der Waals surface area contributed by atoms with Gasteiger partial charge in [-0.15, -0.1) is 11.3 Å². The van der Waals surface area contributed by atoms with E-state index in [1.54, 1.807) is 6.07 Å². The van der Waals surface area contributed by atoms with E-state index in [1.807, 2.05) is 47.0 Å². The first-order chi connectivity index (χ1) is 13.5. The summed E-state index contributed by atoms with van der Waals surface area (Å²) >= 11 is 3.23. The van der Waals surface area contributed by atoms with Crippen LogP contribution in [0.1, 0.15) is 27.0 Å². The number of benzene rings is 1. The molecule has 1 fully saturated rings. The molecule has 2 aromatic rings. The van der Waals surface area contributed by atoms with Gasteiger partial charge in [0.2, 0.25) is 11.8 Å². The summed E-state index contributed by atoms with van der Waals surface area (Å²) in [5.74, 6) is 1.88. The van der Waals surface area contributed by atoms with Gasteiger partial charge in [-0.3, -0.25) is 14.4 Å². The van der Waals surface area contributed by atoms with Crippen LogP contribution in [-0.4, -0.2) is 47.2 Å². The van der Waals surface area contributed by atoms with Crippen molar-refractivity contribution in [3.05, 3.63) is 51.7 Å². The summed E-state index contributed by atoms with van der Waals surface area (Å²) < 4.78 is 0. The van der Waals surface area contributed by atoms with E-state index in [9.17, 15) is 14.4 Å². The van der Waals surface area contributed by atoms with Crippen molar-refractivity contribution in [3.63, 3.8) is 0 Å². The van der Waals surface area contributed by atoms with Gasteiger partial charge in [0.25, 0.3) is 5.91 Å². The highest BCUT2D eigenvalue weighted by molar-refractivity contribution is 7.99. The van der Waals surface area contributed by atoms with Gasteiger partial charge in [-0.1, -0.05) is 12.1 Å². The van der Waals surface area contributed by atoms with Gasteiger partial charge in [-0.2, -0.15) is 11.8 Å². The number of anilines is 1. The lowest BCUT2D eigenvalue weighted by atomic mass is 10.1. The van der Waals surface area contributed by atoms with Gasteiger partial charge in [0.05, 0.1) is 17.8 Å². The predicted molar refractivity (Wildman–Crippen MR) is 114 cm³/mol. The number of carbonyl (C=O) groups excluding carboxylic acids is 3. The highest BCUT2D eigenvalue weighted by Crippen LogP contribution is 2.19. The van der Waals surface area contributed by atoms with E-state index in [0.29, 0.717) is 23.5 Å². The topological polar surface area (TPSA) is 78.5 Å². The number of nitrogens with one attached hydrogen (secondary N) is 2. The fourth-order valence-electron chi connectivity index (χ4n) is 2.80. The molecule has 1 aliphatic heterocycles. The summed E-state index contributed by atoms with van der Waals surface area (Å²) in [6.45, 7) is 3.53. The Hall–Kier alpha value is -2.32. The van der Waals surface area contributed by atoms with Crippen LogP contribution in [0.5, 0.6) is 0 Å². The molecule has 8 heteroatoms. The second-order valence-corrected chi connectivity index (χ2v) is 8.89. The molecule has 2 heterocycles. The molecule has 2 N–H and O–H groups in total. The van der Waals surface area contributed by atoms with Gasteiger partial charge in [-0.05, 0) is 29.8 Å². The smallest absolute Gasteiger partial charge is 0.265 e. The SMILES string of the molecule is CC(=O)NCc1ccc(C(=O)Nc2ccc(CC(=O)N3CCSCC3)cc2)s1. The lowest BCUT2D eigenvalue weighted by Crippen LogP contribution is -2.38. The first-order valence-electron chi connectivity index (χ1n) is 9.10. The monoisotopic (exact) mass is 417 g/mol. The van der Waals surface area contributed by atoms with Crippen LogP contribution in [0.15, 0.2) is 36.4 Å². The second-order valence-electron chi connectivity index (χ2n) is 6.50. The Morgan fingerprint density at radius 3 is 2.43 bits per heavy atom. The molecule has 148 valence electrons. The first kappa shape index (κ1) is 20.4. The van der Waals surface area contributed by atoms with E-state index in [2.05, 4.69) is 10.6 Å². The fourth-order valence-corrected chi connectivity index (χ4v) is 4.55. The standard InChI is InChI=1S/C20H23N3O3S2/c1-14(24)21-13-17-6-7-18(28-17)20(26)22-16-4-2-15(3-5-16)12-19(25)23-8-10-27-11-9-23/h2-7H,8-13H2,1H3,(H,21,24)(H,22,26). The minimum absolute atomic E-state index is 0.0999. The Morgan fingerprint density at radius 2 is 1.75 bits per heavy atom. The summed E-state index contributed by atoms with van der Waals surface area (Å²) in [6, 6.07) is 11.0. The Labute approximate surface area is 172 Å². The number of amides is 3. The zero-order valence-electron chi connectivity index (χ0n) is 15.7. The molecule has 3 rings (SSSR count). The zero-order valence-corrected chi connectivity index (χ0v) is 17.3. The van der Waals surface area contributed by atoms with Gasteiger partial charge in [0, 0.05) is 42.1 Å². The number of rotatable bonds is 6. The van der Waals surface area contributed by atoms with Crippen LogP contribution in [0.2, 0.25) is 0 Å². The summed E-state index contributed by atoms with van der Waals surface area (Å²) in [7, 11) is 0. The number of carbonyl (C=O) groups is 3. The highest BCUT2D eigenvalue weighted by atomic mass is 32.2. The lowest BCUT2D eigenvalue weighted by molar-refractivity contribution is -0.130. The molecule has 0 unspecified atom stereocenters. The largest absolute Gasteiger partial charge is 0.351 e. The number of hydrogen-bond donors (Lipinski definition) is 2. The average Bonchev–Trinajstić information content (AvgIpc) is 3.18. The minimum atomic E-state index is -0.186. The third-order valence-electron chi connectivity index (χ3n) is 4.33. The van der Waals surface area contributed by atoms with Gasteiger partial charge < -0.3 is 15.5 Å². The Bertz CT molecular complexity index is 843. The molecule has 0 aliphatic carbocycles. The van der Waals surface area contributed by atoms with Crippen LogP contribution in [-0.2, 0) is 22.6 Å². The number of thioether (sulfide) groups is 1. The van der Waals surface area contributed by atoms with Gasteiger partial charge in [0.15, 0.2) is 0 Å². The molecule has 1 saturated heterocycles. The van der Waals surface area contributed by atoms with Crippen molar-refractivity contribution >= 4 is 46.5 Å². The maximum absolute atomic E-state index is 12.4. The summed E-state index contributed by atoms with van der Waals surface area (Å²) in [6.07, 6.45) is 0.385. The molecule has 0 spiro atoms. The predicted octanol–water partition coefficient (Wildman–Crippen LogP) is 2.75. The quantitative estimate of drug-likeness (QED) is 0.758. The van der Waals surface area contributed by atoms with Crippen molar-refractivity contribution in [1.29, 1.82) is 0 Å². The van der Waals surface area contributed by atoms with Crippen molar-refractivity contribution in [1.82, 2.24) is 10.2 Å². The van der Waals surface area contributed by atoms with Gasteiger partial charge >= 0.3 is 0 Å². The third-order valence-corrected chi connectivity index (χ3v) is 6.35. The first-order valence-corrected chi connectivity index (χ1v) is 11.1. The zero-order chi connectivity index (χ0) is 19.9. The van der Waals surface area contributed by atoms with Gasteiger partial charge in [0.1, 0.15) is 0 Å². The molecule has 0 radical (unpaired) electrons. The van der Waals surface area contributed by atoms with Crippen molar-refractivity contribution in [2.45, 2.75) is 19.9 Å². The Kier molecular flexibility index (Phi) is 7.11. The van der Waals surface area contributed by atoms with E-state index < -0.39 is 0 Å². The van der Waals surface area contributed by atoms with Crippen LogP contribution in [0.4, 0.5) is 5.69 Å². The third kappa shape index (κ3) is 5.84. The van der Waals surface area contributed by atoms with Crippen molar-refractivity contribution in [3.8, 4) is 0 Å². The lowest BCUT2D eigenvalue weighted by Gasteiger charge is -2.26. The minimum Gasteiger partial charge on any atom is -0.351 e. The normalized spacial score (nSPS) is 13.8. The molecule has 28 heavy (non-hydrogen) atoms. The molecular formula is C20H23N3O3S2. The summed E-state index contributed by atoms with van der Waals surface area (Å²) in [5.41, 5.74) is 1.63. The second kappa shape index (κ2) is 9.75. The Balaban J connectivity index is 1.52. The van der Waals surface area contributed by atoms with E-state index in [0.717, 1.165) is 35.0 Å². The molecule has 0 bridgehead atoms. The van der Waals surface area contributed by atoms with Crippen LogP contribution < -0.4 is 10.6 Å². The molecule has 0 saturated carbocycles. The average molecular weight is 418 g/mol. The van der Waals surface area contributed by atoms with E-state index >= 15 is 0 Å². The summed E-state index contributed by atoms with van der Waals surface area (Å²) in [5, 5.41) is 5.58. The van der Waals surface area contributed by atoms with Crippen LogP contribution in [0.25, 0.3) is 0 Å². The fraction of sp³-hybridized carbons (Fsp3) is 0.350. The van der Waals surface area contributed by atoms with Gasteiger partial charge in [-0.25, -0.2) is 0 Å². The van der Waals surface area contributed by atoms with E-state index in [1.165, 1.54) is 18.3 Å². The van der Waals surface area contributed by atoms with Crippen LogP contribution in [0, 0.1) is 0 Å². The van der Waals surface area contributed by atoms with Crippen molar-refractivity contribution in [2.24, 2.45) is 0 Å². The number of nitrogens with zero attached hydrogens (tertiary/aromatic N) is 1. The molecule has 0 atom stereocenters. The molecule has 1 aliphatic rings. The maximum Gasteiger partial charge on any atom is 0.265 e. The van der Waals surface area contributed by atoms with Crippen molar-refractivity contribution < 1.29 is 14.4 Å². The highest BCUT2D eigenvalue weighted by Gasteiger charge is 2.17. The van der Waals surface area contributed by atoms with Crippen LogP contribution >= 0.6 is 23.1 Å². The molecular weight excluding hydrogens is 394 g/mol. The van der Waals surface area contributed by atoms with Crippen LogP contribution in [0.3, 0.4) is 0 Å². The number of thiophene rings is 1. The van der Waals surface area contributed by atoms with E-state index in [-0.39, 0.29) is 17.7 Å². The van der Waals surface area contributed by atoms with Crippen molar-refractivity contribution in [2.75, 3.05) is 29.9 Å². The summed E-state index contributed by atoms with van der Waals surface area (Å²) in [4.78, 5) is 39.1. The molecule has 1 aromatic heterocycles. The molecule has 3 amide bonds. The molecule has 6 nitrogen and oxygen atoms in total. The Morgan fingerprint density at radius 1 is 1.04 bits per heavy atom. The number of hydrogen-bond acceptors (Lipinski definition) is 5. The molecule has 1 aromatic carbocycles. The maximum atomic E-state index is 12.4.